The highest BCUT2D eigenvalue weighted by Gasteiger charge is 2.30. The molecule has 130 valence electrons. The van der Waals surface area contributed by atoms with E-state index in [-0.39, 0.29) is 18.0 Å². The number of hydrogen-bond acceptors (Lipinski definition) is 2. The van der Waals surface area contributed by atoms with Gasteiger partial charge in [0, 0.05) is 11.3 Å². The molecule has 2 nitrogen and oxygen atoms in total. The predicted octanol–water partition coefficient (Wildman–Crippen LogP) is 4.11. The highest BCUT2D eigenvalue weighted by atomic mass is 32.2. The van der Waals surface area contributed by atoms with Gasteiger partial charge in [-0.1, -0.05) is 48.2 Å². The van der Waals surface area contributed by atoms with E-state index in [9.17, 15) is 18.0 Å². The minimum atomic E-state index is -4.39. The Morgan fingerprint density at radius 1 is 1.08 bits per heavy atom. The lowest BCUT2D eigenvalue weighted by atomic mass is 10.1. The van der Waals surface area contributed by atoms with Crippen LogP contribution in [-0.4, -0.2) is 18.2 Å². The minimum Gasteiger partial charge on any atom is -0.344 e. The van der Waals surface area contributed by atoms with Crippen LogP contribution in [0.2, 0.25) is 0 Å². The van der Waals surface area contributed by atoms with Crippen LogP contribution in [0.3, 0.4) is 0 Å². The summed E-state index contributed by atoms with van der Waals surface area (Å²) in [4.78, 5) is 11.7. The number of rotatable bonds is 5. The Hall–Kier alpha value is -2.39. The molecule has 2 rings (SSSR count). The van der Waals surface area contributed by atoms with Crippen molar-refractivity contribution in [1.82, 2.24) is 5.32 Å². The number of nitrogens with one attached hydrogen (secondary N) is 1. The lowest BCUT2D eigenvalue weighted by molar-refractivity contribution is -0.137. The lowest BCUT2D eigenvalue weighted by Crippen LogP contribution is -2.25. The van der Waals surface area contributed by atoms with Gasteiger partial charge >= 0.3 is 6.18 Å². The SMILES string of the molecule is O=C(CSCc1ccccc1)NCC#Cc1cccc(C(F)(F)F)c1. The predicted molar refractivity (Wildman–Crippen MR) is 93.9 cm³/mol. The molecule has 0 aliphatic rings. The molecule has 2 aromatic rings. The summed E-state index contributed by atoms with van der Waals surface area (Å²) in [5, 5.41) is 2.63. The molecule has 0 bridgehead atoms. The molecule has 0 aliphatic heterocycles. The van der Waals surface area contributed by atoms with Gasteiger partial charge in [0.25, 0.3) is 0 Å². The standard InChI is InChI=1S/C19H16F3NOS/c20-19(21,22)17-10-4-8-15(12-17)9-5-11-23-18(24)14-25-13-16-6-2-1-3-7-16/h1-4,6-8,10,12H,11,13-14H2,(H,23,24). The van der Waals surface area contributed by atoms with Crippen molar-refractivity contribution in [1.29, 1.82) is 0 Å². The van der Waals surface area contributed by atoms with Crippen LogP contribution in [-0.2, 0) is 16.7 Å². The number of hydrogen-bond donors (Lipinski definition) is 1. The maximum atomic E-state index is 12.6. The summed E-state index contributed by atoms with van der Waals surface area (Å²) in [7, 11) is 0. The second-order valence-electron chi connectivity index (χ2n) is 5.14. The Labute approximate surface area is 148 Å². The van der Waals surface area contributed by atoms with Crippen LogP contribution in [0.1, 0.15) is 16.7 Å². The molecular formula is C19H16F3NOS. The zero-order valence-corrected chi connectivity index (χ0v) is 14.1. The van der Waals surface area contributed by atoms with E-state index in [0.717, 1.165) is 23.4 Å². The monoisotopic (exact) mass is 363 g/mol. The largest absolute Gasteiger partial charge is 0.416 e. The van der Waals surface area contributed by atoms with Crippen LogP contribution < -0.4 is 5.32 Å². The van der Waals surface area contributed by atoms with Crippen LogP contribution in [0, 0.1) is 11.8 Å². The van der Waals surface area contributed by atoms with Crippen LogP contribution in [0.15, 0.2) is 54.6 Å². The average Bonchev–Trinajstić information content (AvgIpc) is 2.59. The van der Waals surface area contributed by atoms with E-state index in [1.807, 2.05) is 30.3 Å². The van der Waals surface area contributed by atoms with Gasteiger partial charge in [0.2, 0.25) is 5.91 Å². The number of alkyl halides is 3. The third kappa shape index (κ3) is 6.94. The summed E-state index contributed by atoms with van der Waals surface area (Å²) < 4.78 is 37.8. The Bertz CT molecular complexity index is 763. The molecule has 0 aliphatic carbocycles. The zero-order valence-electron chi connectivity index (χ0n) is 13.3. The van der Waals surface area contributed by atoms with Gasteiger partial charge in [-0.05, 0) is 23.8 Å². The fraction of sp³-hybridized carbons (Fsp3) is 0.211. The second-order valence-corrected chi connectivity index (χ2v) is 6.12. The molecule has 0 fully saturated rings. The molecule has 0 unspecified atom stereocenters. The third-order valence-corrected chi connectivity index (χ3v) is 4.15. The quantitative estimate of drug-likeness (QED) is 0.810. The van der Waals surface area contributed by atoms with Gasteiger partial charge < -0.3 is 5.32 Å². The van der Waals surface area contributed by atoms with E-state index in [1.165, 1.54) is 23.9 Å². The first kappa shape index (κ1) is 18.9. The number of benzene rings is 2. The fourth-order valence-electron chi connectivity index (χ4n) is 1.95. The first-order valence-corrected chi connectivity index (χ1v) is 8.65. The second kappa shape index (κ2) is 9.19. The first-order valence-electron chi connectivity index (χ1n) is 7.49. The highest BCUT2D eigenvalue weighted by molar-refractivity contribution is 7.99. The zero-order chi connectivity index (χ0) is 18.1. The van der Waals surface area contributed by atoms with Crippen LogP contribution in [0.4, 0.5) is 13.2 Å². The Morgan fingerprint density at radius 3 is 2.56 bits per heavy atom. The van der Waals surface area contributed by atoms with Gasteiger partial charge in [-0.2, -0.15) is 13.2 Å². The van der Waals surface area contributed by atoms with E-state index >= 15 is 0 Å². The summed E-state index contributed by atoms with van der Waals surface area (Å²) in [5.41, 5.74) is 0.674. The summed E-state index contributed by atoms with van der Waals surface area (Å²) in [6.07, 6.45) is -4.39. The van der Waals surface area contributed by atoms with Gasteiger partial charge in [0.1, 0.15) is 0 Å². The van der Waals surface area contributed by atoms with Crippen molar-refractivity contribution in [3.63, 3.8) is 0 Å². The van der Waals surface area contributed by atoms with Crippen LogP contribution in [0.25, 0.3) is 0 Å². The number of amides is 1. The van der Waals surface area contributed by atoms with Gasteiger partial charge in [-0.3, -0.25) is 4.79 Å². The van der Waals surface area contributed by atoms with Crippen LogP contribution >= 0.6 is 11.8 Å². The summed E-state index contributed by atoms with van der Waals surface area (Å²) in [5.74, 6) is 6.18. The maximum absolute atomic E-state index is 12.6. The van der Waals surface area contributed by atoms with Crippen molar-refractivity contribution >= 4 is 17.7 Å². The topological polar surface area (TPSA) is 29.1 Å². The number of halogens is 3. The van der Waals surface area contributed by atoms with Gasteiger partial charge in [-0.15, -0.1) is 11.8 Å². The summed E-state index contributed by atoms with van der Waals surface area (Å²) in [6, 6.07) is 14.6. The van der Waals surface area contributed by atoms with E-state index in [2.05, 4.69) is 17.2 Å². The van der Waals surface area contributed by atoms with Crippen molar-refractivity contribution in [3.05, 3.63) is 71.3 Å². The van der Waals surface area contributed by atoms with E-state index in [4.69, 9.17) is 0 Å². The first-order chi connectivity index (χ1) is 11.9. The highest BCUT2D eigenvalue weighted by Crippen LogP contribution is 2.29. The third-order valence-electron chi connectivity index (χ3n) is 3.14. The van der Waals surface area contributed by atoms with E-state index < -0.39 is 11.7 Å². The van der Waals surface area contributed by atoms with E-state index in [1.54, 1.807) is 0 Å². The van der Waals surface area contributed by atoms with Crippen molar-refractivity contribution in [3.8, 4) is 11.8 Å². The molecule has 0 atom stereocenters. The van der Waals surface area contributed by atoms with E-state index in [0.29, 0.717) is 5.75 Å². The van der Waals surface area contributed by atoms with Crippen molar-refractivity contribution in [2.24, 2.45) is 0 Å². The molecule has 25 heavy (non-hydrogen) atoms. The molecule has 2 aromatic carbocycles. The fourth-order valence-corrected chi connectivity index (χ4v) is 2.77. The molecule has 0 aromatic heterocycles. The minimum absolute atomic E-state index is 0.0982. The molecule has 0 saturated carbocycles. The van der Waals surface area contributed by atoms with Gasteiger partial charge in [-0.25, -0.2) is 0 Å². The molecule has 0 radical (unpaired) electrons. The average molecular weight is 363 g/mol. The molecule has 0 heterocycles. The van der Waals surface area contributed by atoms with Gasteiger partial charge in [0.15, 0.2) is 0 Å². The molecule has 0 spiro atoms. The smallest absolute Gasteiger partial charge is 0.344 e. The molecule has 6 heteroatoms. The molecular weight excluding hydrogens is 347 g/mol. The lowest BCUT2D eigenvalue weighted by Gasteiger charge is -2.05. The number of thioether (sulfide) groups is 1. The Kier molecular flexibility index (Phi) is 6.96. The normalized spacial score (nSPS) is 10.7. The molecule has 1 amide bonds. The summed E-state index contributed by atoms with van der Waals surface area (Å²) in [6.45, 7) is 0.0982. The van der Waals surface area contributed by atoms with Crippen LogP contribution in [0.5, 0.6) is 0 Å². The van der Waals surface area contributed by atoms with Crippen molar-refractivity contribution < 1.29 is 18.0 Å². The Morgan fingerprint density at radius 2 is 1.84 bits per heavy atom. The van der Waals surface area contributed by atoms with Crippen molar-refractivity contribution in [2.45, 2.75) is 11.9 Å². The van der Waals surface area contributed by atoms with Crippen molar-refractivity contribution in [2.75, 3.05) is 12.3 Å². The molecule has 0 saturated heterocycles. The molecule has 1 N–H and O–H groups in total. The Balaban J connectivity index is 1.74. The number of carbonyl (C=O) groups is 1. The maximum Gasteiger partial charge on any atom is 0.416 e. The van der Waals surface area contributed by atoms with Gasteiger partial charge in [0.05, 0.1) is 17.9 Å². The summed E-state index contributed by atoms with van der Waals surface area (Å²) >= 11 is 1.49. The number of carbonyl (C=O) groups excluding carboxylic acids is 1.